The zero-order valence-corrected chi connectivity index (χ0v) is 9.71. The van der Waals surface area contributed by atoms with E-state index in [-0.39, 0.29) is 12.5 Å². The fourth-order valence-electron chi connectivity index (χ4n) is 2.31. The van der Waals surface area contributed by atoms with Gasteiger partial charge in [0.15, 0.2) is 0 Å². The predicted molar refractivity (Wildman–Crippen MR) is 63.9 cm³/mol. The summed E-state index contributed by atoms with van der Waals surface area (Å²) in [5.41, 5.74) is 5.12. The van der Waals surface area contributed by atoms with Crippen molar-refractivity contribution in [2.24, 2.45) is 0 Å². The van der Waals surface area contributed by atoms with Crippen LogP contribution in [0.4, 0.5) is 5.69 Å². The van der Waals surface area contributed by atoms with E-state index in [1.165, 1.54) is 22.4 Å². The molecule has 3 heteroatoms. The van der Waals surface area contributed by atoms with Crippen LogP contribution in [0.2, 0.25) is 0 Å². The Labute approximate surface area is 95.5 Å². The van der Waals surface area contributed by atoms with Crippen molar-refractivity contribution in [3.05, 3.63) is 28.8 Å². The van der Waals surface area contributed by atoms with Crippen molar-refractivity contribution in [1.29, 1.82) is 0 Å². The molecule has 0 bridgehead atoms. The van der Waals surface area contributed by atoms with Gasteiger partial charge in [-0.25, -0.2) is 0 Å². The minimum atomic E-state index is -0.716. The van der Waals surface area contributed by atoms with Crippen molar-refractivity contribution >= 4 is 11.7 Å². The molecule has 1 aliphatic rings. The van der Waals surface area contributed by atoms with Crippen LogP contribution in [-0.4, -0.2) is 17.1 Å². The second-order valence-corrected chi connectivity index (χ2v) is 4.53. The van der Waals surface area contributed by atoms with Gasteiger partial charge in [0.1, 0.15) is 0 Å². The van der Waals surface area contributed by atoms with E-state index in [1.807, 2.05) is 0 Å². The minimum absolute atomic E-state index is 0.240. The molecule has 16 heavy (non-hydrogen) atoms. The van der Waals surface area contributed by atoms with Crippen LogP contribution in [0.5, 0.6) is 0 Å². The number of carbonyl (C=O) groups is 1. The zero-order valence-electron chi connectivity index (χ0n) is 9.71. The standard InChI is InChI=1S/C13H17NO2/c1-8-3-4-9(2)13-11(8)7-10(14-13)5-6-12(15)16/h3-4,10,14H,5-7H2,1-2H3,(H,15,16). The van der Waals surface area contributed by atoms with Gasteiger partial charge in [0.25, 0.3) is 0 Å². The van der Waals surface area contributed by atoms with Crippen LogP contribution in [0.25, 0.3) is 0 Å². The Balaban J connectivity index is 2.11. The van der Waals surface area contributed by atoms with Crippen LogP contribution < -0.4 is 5.32 Å². The average Bonchev–Trinajstić information content (AvgIpc) is 2.66. The van der Waals surface area contributed by atoms with E-state index in [0.29, 0.717) is 6.42 Å². The molecule has 0 radical (unpaired) electrons. The molecule has 1 aliphatic heterocycles. The maximum Gasteiger partial charge on any atom is 0.303 e. The molecule has 86 valence electrons. The Kier molecular flexibility index (Phi) is 2.86. The Morgan fingerprint density at radius 1 is 1.44 bits per heavy atom. The molecule has 0 spiro atoms. The number of hydrogen-bond donors (Lipinski definition) is 2. The second-order valence-electron chi connectivity index (χ2n) is 4.53. The molecule has 1 aromatic rings. The van der Waals surface area contributed by atoms with E-state index >= 15 is 0 Å². The summed E-state index contributed by atoms with van der Waals surface area (Å²) in [6.45, 7) is 4.20. The lowest BCUT2D eigenvalue weighted by Crippen LogP contribution is -2.17. The summed E-state index contributed by atoms with van der Waals surface area (Å²) in [4.78, 5) is 10.5. The number of fused-ring (bicyclic) bond motifs is 1. The molecule has 2 N–H and O–H groups in total. The molecule has 0 aromatic heterocycles. The first-order valence-corrected chi connectivity index (χ1v) is 5.65. The summed E-state index contributed by atoms with van der Waals surface area (Å²) in [5, 5.41) is 12.1. The summed E-state index contributed by atoms with van der Waals surface area (Å²) in [5.74, 6) is -0.716. The quantitative estimate of drug-likeness (QED) is 0.821. The van der Waals surface area contributed by atoms with E-state index in [0.717, 1.165) is 6.42 Å². The van der Waals surface area contributed by atoms with Gasteiger partial charge in [0.2, 0.25) is 0 Å². The topological polar surface area (TPSA) is 49.3 Å². The van der Waals surface area contributed by atoms with Gasteiger partial charge in [0, 0.05) is 18.2 Å². The first kappa shape index (κ1) is 11.0. The van der Waals surface area contributed by atoms with Crippen molar-refractivity contribution < 1.29 is 9.90 Å². The number of hydrogen-bond acceptors (Lipinski definition) is 2. The lowest BCUT2D eigenvalue weighted by atomic mass is 10.00. The van der Waals surface area contributed by atoms with Crippen molar-refractivity contribution in [2.75, 3.05) is 5.32 Å². The lowest BCUT2D eigenvalue weighted by molar-refractivity contribution is -0.137. The molecule has 1 atom stereocenters. The van der Waals surface area contributed by atoms with E-state index in [2.05, 4.69) is 31.3 Å². The van der Waals surface area contributed by atoms with Crippen molar-refractivity contribution in [3.63, 3.8) is 0 Å². The highest BCUT2D eigenvalue weighted by atomic mass is 16.4. The fraction of sp³-hybridized carbons (Fsp3) is 0.462. The molecule has 0 fully saturated rings. The van der Waals surface area contributed by atoms with Gasteiger partial charge in [0.05, 0.1) is 0 Å². The molecule has 1 unspecified atom stereocenters. The van der Waals surface area contributed by atoms with E-state index in [4.69, 9.17) is 5.11 Å². The monoisotopic (exact) mass is 219 g/mol. The number of carboxylic acid groups (broad SMARTS) is 1. The number of carboxylic acids is 1. The number of rotatable bonds is 3. The summed E-state index contributed by atoms with van der Waals surface area (Å²) in [6, 6.07) is 4.53. The molecule has 2 rings (SSSR count). The van der Waals surface area contributed by atoms with Gasteiger partial charge >= 0.3 is 5.97 Å². The van der Waals surface area contributed by atoms with Crippen LogP contribution in [0.1, 0.15) is 29.5 Å². The molecular weight excluding hydrogens is 202 g/mol. The Morgan fingerprint density at radius 2 is 2.12 bits per heavy atom. The molecule has 0 saturated heterocycles. The van der Waals surface area contributed by atoms with Crippen LogP contribution >= 0.6 is 0 Å². The molecular formula is C13H17NO2. The average molecular weight is 219 g/mol. The number of anilines is 1. The summed E-state index contributed by atoms with van der Waals surface area (Å²) in [7, 11) is 0. The maximum atomic E-state index is 10.5. The largest absolute Gasteiger partial charge is 0.481 e. The fourth-order valence-corrected chi connectivity index (χ4v) is 2.31. The Morgan fingerprint density at radius 3 is 2.75 bits per heavy atom. The molecule has 1 aromatic carbocycles. The summed E-state index contributed by atoms with van der Waals surface area (Å²) < 4.78 is 0. The SMILES string of the molecule is Cc1ccc(C)c2c1CC(CCC(=O)O)N2. The first-order valence-electron chi connectivity index (χ1n) is 5.65. The Hall–Kier alpha value is -1.51. The van der Waals surface area contributed by atoms with Gasteiger partial charge in [-0.2, -0.15) is 0 Å². The van der Waals surface area contributed by atoms with Gasteiger partial charge in [-0.3, -0.25) is 4.79 Å². The van der Waals surface area contributed by atoms with Crippen molar-refractivity contribution in [2.45, 2.75) is 39.2 Å². The van der Waals surface area contributed by atoms with Gasteiger partial charge in [-0.05, 0) is 43.4 Å². The van der Waals surface area contributed by atoms with Crippen LogP contribution in [-0.2, 0) is 11.2 Å². The second kappa shape index (κ2) is 4.16. The number of nitrogens with one attached hydrogen (secondary N) is 1. The highest BCUT2D eigenvalue weighted by Crippen LogP contribution is 2.33. The third kappa shape index (κ3) is 2.03. The van der Waals surface area contributed by atoms with Crippen molar-refractivity contribution in [3.8, 4) is 0 Å². The highest BCUT2D eigenvalue weighted by molar-refractivity contribution is 5.68. The minimum Gasteiger partial charge on any atom is -0.481 e. The maximum absolute atomic E-state index is 10.5. The van der Waals surface area contributed by atoms with E-state index < -0.39 is 5.97 Å². The van der Waals surface area contributed by atoms with Crippen molar-refractivity contribution in [1.82, 2.24) is 0 Å². The zero-order chi connectivity index (χ0) is 11.7. The Bertz CT molecular complexity index is 395. The van der Waals surface area contributed by atoms with Crippen LogP contribution in [0, 0.1) is 13.8 Å². The smallest absolute Gasteiger partial charge is 0.303 e. The molecule has 1 heterocycles. The third-order valence-electron chi connectivity index (χ3n) is 3.26. The number of benzene rings is 1. The van der Waals surface area contributed by atoms with E-state index in [9.17, 15) is 4.79 Å². The predicted octanol–water partition coefficient (Wildman–Crippen LogP) is 2.50. The normalized spacial score (nSPS) is 18.0. The first-order chi connectivity index (χ1) is 7.58. The summed E-state index contributed by atoms with van der Waals surface area (Å²) >= 11 is 0. The van der Waals surface area contributed by atoms with Gasteiger partial charge in [-0.1, -0.05) is 12.1 Å². The number of aliphatic carboxylic acids is 1. The molecule has 0 amide bonds. The third-order valence-corrected chi connectivity index (χ3v) is 3.26. The van der Waals surface area contributed by atoms with Crippen LogP contribution in [0.3, 0.4) is 0 Å². The van der Waals surface area contributed by atoms with Gasteiger partial charge < -0.3 is 10.4 Å². The molecule has 0 saturated carbocycles. The molecule has 0 aliphatic carbocycles. The summed E-state index contributed by atoms with van der Waals surface area (Å²) in [6.07, 6.45) is 1.89. The van der Waals surface area contributed by atoms with E-state index in [1.54, 1.807) is 0 Å². The number of aryl methyl sites for hydroxylation is 2. The lowest BCUT2D eigenvalue weighted by Gasteiger charge is -2.10. The van der Waals surface area contributed by atoms with Crippen LogP contribution in [0.15, 0.2) is 12.1 Å². The molecule has 3 nitrogen and oxygen atoms in total. The van der Waals surface area contributed by atoms with Gasteiger partial charge in [-0.15, -0.1) is 0 Å². The highest BCUT2D eigenvalue weighted by Gasteiger charge is 2.23.